The van der Waals surface area contributed by atoms with Gasteiger partial charge in [0, 0.05) is 12.8 Å². The van der Waals surface area contributed by atoms with Gasteiger partial charge in [0.05, 0.1) is 17.6 Å². The Balaban J connectivity index is 2.17. The number of ether oxygens (including phenoxy) is 2. The zero-order chi connectivity index (χ0) is 18.4. The van der Waals surface area contributed by atoms with E-state index in [1.807, 2.05) is 13.8 Å². The normalized spacial score (nSPS) is 22.4. The predicted molar refractivity (Wildman–Crippen MR) is 90.1 cm³/mol. The van der Waals surface area contributed by atoms with Gasteiger partial charge < -0.3 is 15.2 Å². The summed E-state index contributed by atoms with van der Waals surface area (Å²) in [6.45, 7) is 3.92. The van der Waals surface area contributed by atoms with Gasteiger partial charge in [0.2, 0.25) is 0 Å². The third kappa shape index (κ3) is 2.97. The van der Waals surface area contributed by atoms with Crippen molar-refractivity contribution >= 4 is 5.78 Å². The number of allylic oxidation sites excluding steroid dienone is 2. The van der Waals surface area contributed by atoms with Gasteiger partial charge in [0.1, 0.15) is 17.4 Å². The largest absolute Gasteiger partial charge is 0.497 e. The van der Waals surface area contributed by atoms with Crippen molar-refractivity contribution in [3.8, 4) is 5.75 Å². The molecular weight excluding hydrogens is 324 g/mol. The Hall–Kier alpha value is -2.83. The van der Waals surface area contributed by atoms with E-state index in [1.165, 1.54) is 7.11 Å². The van der Waals surface area contributed by atoms with Gasteiger partial charge in [-0.3, -0.25) is 14.9 Å². The molecule has 1 aliphatic carbocycles. The summed E-state index contributed by atoms with van der Waals surface area (Å²) >= 11 is 0. The molecule has 132 valence electrons. The fraction of sp³-hybridized carbons (Fsp3) is 0.389. The Kier molecular flexibility index (Phi) is 4.02. The summed E-state index contributed by atoms with van der Waals surface area (Å²) in [6, 6.07) is 6.83. The summed E-state index contributed by atoms with van der Waals surface area (Å²) in [7, 11) is 1.54. The number of benzene rings is 1. The van der Waals surface area contributed by atoms with Crippen molar-refractivity contribution in [2.75, 3.05) is 7.11 Å². The molecule has 0 saturated carbocycles. The van der Waals surface area contributed by atoms with Gasteiger partial charge >= 0.3 is 5.70 Å². The molecule has 2 aliphatic rings. The van der Waals surface area contributed by atoms with Crippen molar-refractivity contribution in [3.05, 3.63) is 62.9 Å². The summed E-state index contributed by atoms with van der Waals surface area (Å²) in [5, 5.41) is 11.6. The molecule has 1 aromatic rings. The van der Waals surface area contributed by atoms with E-state index in [-0.39, 0.29) is 22.8 Å². The second kappa shape index (κ2) is 5.91. The van der Waals surface area contributed by atoms with Crippen molar-refractivity contribution in [3.63, 3.8) is 0 Å². The highest BCUT2D eigenvalue weighted by Crippen LogP contribution is 2.48. The smallest absolute Gasteiger partial charge is 0.317 e. The predicted octanol–water partition coefficient (Wildman–Crippen LogP) is 2.86. The molecule has 0 amide bonds. The maximum Gasteiger partial charge on any atom is 0.317 e. The van der Waals surface area contributed by atoms with Crippen LogP contribution in [-0.2, 0) is 9.53 Å². The van der Waals surface area contributed by atoms with Crippen molar-refractivity contribution in [1.82, 2.24) is 0 Å². The molecule has 7 heteroatoms. The topological polar surface area (TPSA) is 105 Å². The summed E-state index contributed by atoms with van der Waals surface area (Å²) < 4.78 is 10.6. The lowest BCUT2D eigenvalue weighted by molar-refractivity contribution is -0.433. The number of Topliss-reactive ketones (excluding diaryl/α,β-unsaturated/α-hetero) is 1. The molecule has 1 heterocycles. The van der Waals surface area contributed by atoms with Crippen LogP contribution < -0.4 is 10.5 Å². The zero-order valence-corrected chi connectivity index (χ0v) is 14.4. The number of carbonyl (C=O) groups excluding carboxylic acids is 1. The first-order valence-electron chi connectivity index (χ1n) is 7.95. The van der Waals surface area contributed by atoms with Crippen LogP contribution in [0.15, 0.2) is 47.2 Å². The summed E-state index contributed by atoms with van der Waals surface area (Å²) in [6.07, 6.45) is 0.819. The van der Waals surface area contributed by atoms with Gasteiger partial charge in [-0.15, -0.1) is 0 Å². The van der Waals surface area contributed by atoms with Crippen LogP contribution in [-0.4, -0.2) is 17.8 Å². The Labute approximate surface area is 145 Å². The molecule has 25 heavy (non-hydrogen) atoms. The highest BCUT2D eigenvalue weighted by Gasteiger charge is 2.47. The van der Waals surface area contributed by atoms with Crippen LogP contribution >= 0.6 is 0 Å². The number of hydrogen-bond acceptors (Lipinski definition) is 6. The molecule has 1 aromatic carbocycles. The standard InChI is InChI=1S/C18H20N2O5/c1-18(2)8-12(21)15-13(9-18)25-17(19)16(20(22)23)14(15)10-4-6-11(24-3)7-5-10/h4-7,14H,8-9,19H2,1-3H3. The van der Waals surface area contributed by atoms with E-state index in [0.29, 0.717) is 35.5 Å². The quantitative estimate of drug-likeness (QED) is 0.668. The number of carbonyl (C=O) groups is 1. The number of nitrogens with two attached hydrogens (primary N) is 1. The Morgan fingerprint density at radius 1 is 1.28 bits per heavy atom. The minimum Gasteiger partial charge on any atom is -0.497 e. The van der Waals surface area contributed by atoms with Crippen molar-refractivity contribution in [2.24, 2.45) is 11.1 Å². The Bertz CT molecular complexity index is 805. The average Bonchev–Trinajstić information content (AvgIpc) is 2.52. The number of hydrogen-bond donors (Lipinski definition) is 1. The van der Waals surface area contributed by atoms with E-state index in [9.17, 15) is 14.9 Å². The average molecular weight is 344 g/mol. The highest BCUT2D eigenvalue weighted by atomic mass is 16.6. The number of methoxy groups -OCH3 is 1. The number of nitro groups is 1. The van der Waals surface area contributed by atoms with Gasteiger partial charge in [-0.05, 0) is 23.1 Å². The van der Waals surface area contributed by atoms with Crippen LogP contribution in [0.25, 0.3) is 0 Å². The van der Waals surface area contributed by atoms with E-state index in [0.717, 1.165) is 0 Å². The molecule has 0 fully saturated rings. The van der Waals surface area contributed by atoms with E-state index in [1.54, 1.807) is 24.3 Å². The highest BCUT2D eigenvalue weighted by molar-refractivity contribution is 5.99. The Morgan fingerprint density at radius 3 is 2.48 bits per heavy atom. The molecule has 1 unspecified atom stereocenters. The minimum absolute atomic E-state index is 0.140. The molecule has 0 bridgehead atoms. The molecule has 0 saturated heterocycles. The van der Waals surface area contributed by atoms with E-state index >= 15 is 0 Å². The molecule has 0 spiro atoms. The van der Waals surface area contributed by atoms with E-state index < -0.39 is 10.8 Å². The van der Waals surface area contributed by atoms with Crippen molar-refractivity contribution in [1.29, 1.82) is 0 Å². The third-order valence-electron chi connectivity index (χ3n) is 4.57. The molecule has 0 aromatic heterocycles. The summed E-state index contributed by atoms with van der Waals surface area (Å²) in [5.74, 6) is -0.173. The number of rotatable bonds is 3. The fourth-order valence-corrected chi connectivity index (χ4v) is 3.47. The second-order valence-corrected chi connectivity index (χ2v) is 7.09. The third-order valence-corrected chi connectivity index (χ3v) is 4.57. The fourth-order valence-electron chi connectivity index (χ4n) is 3.47. The summed E-state index contributed by atoms with van der Waals surface area (Å²) in [5.41, 5.74) is 6.23. The SMILES string of the molecule is COc1ccc(C2C3=C(CC(C)(C)CC3=O)OC(N)=C2[N+](=O)[O-])cc1. The lowest BCUT2D eigenvalue weighted by Crippen LogP contribution is -2.35. The van der Waals surface area contributed by atoms with Crippen LogP contribution in [0.5, 0.6) is 5.75 Å². The van der Waals surface area contributed by atoms with Crippen LogP contribution in [0.1, 0.15) is 38.2 Å². The van der Waals surface area contributed by atoms with Crippen LogP contribution in [0.2, 0.25) is 0 Å². The van der Waals surface area contributed by atoms with E-state index in [2.05, 4.69) is 0 Å². The van der Waals surface area contributed by atoms with Crippen molar-refractivity contribution < 1.29 is 19.2 Å². The second-order valence-electron chi connectivity index (χ2n) is 7.09. The molecular formula is C18H20N2O5. The molecule has 1 atom stereocenters. The molecule has 7 nitrogen and oxygen atoms in total. The number of nitrogens with zero attached hydrogens (tertiary/aromatic N) is 1. The first-order valence-corrected chi connectivity index (χ1v) is 7.95. The molecule has 0 radical (unpaired) electrons. The number of ketones is 1. The molecule has 2 N–H and O–H groups in total. The molecule has 1 aliphatic heterocycles. The van der Waals surface area contributed by atoms with Crippen molar-refractivity contribution in [2.45, 2.75) is 32.6 Å². The lowest BCUT2D eigenvalue weighted by Gasteiger charge is -2.36. The van der Waals surface area contributed by atoms with Gasteiger partial charge in [-0.1, -0.05) is 26.0 Å². The van der Waals surface area contributed by atoms with Crippen LogP contribution in [0, 0.1) is 15.5 Å². The molecule has 3 rings (SSSR count). The van der Waals surface area contributed by atoms with Gasteiger partial charge in [0.15, 0.2) is 5.78 Å². The Morgan fingerprint density at radius 2 is 1.92 bits per heavy atom. The maximum absolute atomic E-state index is 12.8. The van der Waals surface area contributed by atoms with Gasteiger partial charge in [-0.2, -0.15) is 0 Å². The maximum atomic E-state index is 12.8. The first-order chi connectivity index (χ1) is 11.7. The lowest BCUT2D eigenvalue weighted by atomic mass is 9.71. The summed E-state index contributed by atoms with van der Waals surface area (Å²) in [4.78, 5) is 23.8. The minimum atomic E-state index is -0.840. The van der Waals surface area contributed by atoms with Crippen LogP contribution in [0.4, 0.5) is 0 Å². The van der Waals surface area contributed by atoms with Gasteiger partial charge in [-0.25, -0.2) is 0 Å². The van der Waals surface area contributed by atoms with Gasteiger partial charge in [0.25, 0.3) is 5.88 Å². The van der Waals surface area contributed by atoms with E-state index in [4.69, 9.17) is 15.2 Å². The monoisotopic (exact) mass is 344 g/mol. The first kappa shape index (κ1) is 17.0. The zero-order valence-electron chi connectivity index (χ0n) is 14.4. The van der Waals surface area contributed by atoms with Crippen LogP contribution in [0.3, 0.4) is 0 Å².